The largest absolute Gasteiger partial charge is 0.393 e. The zero-order chi connectivity index (χ0) is 12.5. The fourth-order valence-electron chi connectivity index (χ4n) is 2.95. The van der Waals surface area contributed by atoms with E-state index in [2.05, 4.69) is 12.2 Å². The van der Waals surface area contributed by atoms with Crippen molar-refractivity contribution in [3.63, 3.8) is 0 Å². The van der Waals surface area contributed by atoms with Crippen molar-refractivity contribution in [3.8, 4) is 0 Å². The zero-order valence-electron chi connectivity index (χ0n) is 10.4. The minimum absolute atomic E-state index is 0.306. The van der Waals surface area contributed by atoms with Crippen LogP contribution in [-0.4, -0.2) is 18.8 Å². The highest BCUT2D eigenvalue weighted by atomic mass is 19.4. The maximum absolute atomic E-state index is 12.9. The Balaban J connectivity index is 1.88. The fraction of sp³-hybridized carbons (Fsp3) is 1.00. The maximum Gasteiger partial charge on any atom is 0.393 e. The molecule has 100 valence electrons. The van der Waals surface area contributed by atoms with Crippen molar-refractivity contribution in [2.45, 2.75) is 64.1 Å². The zero-order valence-corrected chi connectivity index (χ0v) is 10.4. The topological polar surface area (TPSA) is 12.0 Å². The van der Waals surface area contributed by atoms with Gasteiger partial charge in [-0.1, -0.05) is 19.8 Å². The van der Waals surface area contributed by atoms with E-state index in [0.29, 0.717) is 18.3 Å². The summed E-state index contributed by atoms with van der Waals surface area (Å²) in [6, 6.07) is -0.340. The molecule has 0 aromatic heterocycles. The molecule has 0 aromatic carbocycles. The molecule has 0 aromatic rings. The van der Waals surface area contributed by atoms with Crippen molar-refractivity contribution in [1.82, 2.24) is 5.32 Å². The lowest BCUT2D eigenvalue weighted by Crippen LogP contribution is -2.47. The van der Waals surface area contributed by atoms with Gasteiger partial charge in [0.05, 0.1) is 5.92 Å². The van der Waals surface area contributed by atoms with E-state index < -0.39 is 12.1 Å². The standard InChI is InChI=1S/C13H22F3N/c1-2-12(7-8-12)9-17-11-6-4-3-5-10(11)13(14,15)16/h10-11,17H,2-9H2,1H3. The van der Waals surface area contributed by atoms with Gasteiger partial charge in [-0.05, 0) is 37.5 Å². The van der Waals surface area contributed by atoms with Gasteiger partial charge >= 0.3 is 6.18 Å². The first-order chi connectivity index (χ1) is 7.97. The van der Waals surface area contributed by atoms with Crippen LogP contribution in [0.25, 0.3) is 0 Å². The van der Waals surface area contributed by atoms with E-state index in [1.807, 2.05) is 0 Å². The summed E-state index contributed by atoms with van der Waals surface area (Å²) >= 11 is 0. The van der Waals surface area contributed by atoms with Crippen LogP contribution >= 0.6 is 0 Å². The van der Waals surface area contributed by atoms with Crippen LogP contribution in [0.4, 0.5) is 13.2 Å². The van der Waals surface area contributed by atoms with Crippen molar-refractivity contribution >= 4 is 0 Å². The first kappa shape index (κ1) is 13.2. The van der Waals surface area contributed by atoms with Crippen LogP contribution in [0.2, 0.25) is 0 Å². The summed E-state index contributed by atoms with van der Waals surface area (Å²) in [5.41, 5.74) is 0.327. The molecule has 4 heteroatoms. The van der Waals surface area contributed by atoms with Gasteiger partial charge in [0, 0.05) is 12.6 Å². The molecule has 0 aliphatic heterocycles. The summed E-state index contributed by atoms with van der Waals surface area (Å²) in [5, 5.41) is 3.21. The van der Waals surface area contributed by atoms with E-state index in [0.717, 1.165) is 25.8 Å². The SMILES string of the molecule is CCC1(CNC2CCCCC2C(F)(F)F)CC1. The molecule has 1 nitrogen and oxygen atoms in total. The summed E-state index contributed by atoms with van der Waals surface area (Å²) in [6.07, 6.45) is 2.07. The monoisotopic (exact) mass is 249 g/mol. The Kier molecular flexibility index (Phi) is 3.71. The minimum Gasteiger partial charge on any atom is -0.313 e. The highest BCUT2D eigenvalue weighted by Crippen LogP contribution is 2.48. The van der Waals surface area contributed by atoms with E-state index in [4.69, 9.17) is 0 Å². The lowest BCUT2D eigenvalue weighted by atomic mass is 9.83. The van der Waals surface area contributed by atoms with Crippen molar-refractivity contribution in [2.75, 3.05) is 6.54 Å². The van der Waals surface area contributed by atoms with Gasteiger partial charge in [0.2, 0.25) is 0 Å². The van der Waals surface area contributed by atoms with Crippen LogP contribution in [-0.2, 0) is 0 Å². The highest BCUT2D eigenvalue weighted by molar-refractivity contribution is 4.96. The van der Waals surface area contributed by atoms with Gasteiger partial charge in [0.1, 0.15) is 0 Å². The molecule has 2 fully saturated rings. The molecule has 17 heavy (non-hydrogen) atoms. The van der Waals surface area contributed by atoms with Gasteiger partial charge in [0.15, 0.2) is 0 Å². The fourth-order valence-corrected chi connectivity index (χ4v) is 2.95. The number of hydrogen-bond acceptors (Lipinski definition) is 1. The predicted molar refractivity (Wildman–Crippen MR) is 61.8 cm³/mol. The van der Waals surface area contributed by atoms with Crippen molar-refractivity contribution in [3.05, 3.63) is 0 Å². The van der Waals surface area contributed by atoms with Gasteiger partial charge in [-0.3, -0.25) is 0 Å². The summed E-state index contributed by atoms with van der Waals surface area (Å²) < 4.78 is 38.6. The number of alkyl halides is 3. The molecule has 0 saturated heterocycles. The molecule has 2 atom stereocenters. The van der Waals surface area contributed by atoms with E-state index in [1.54, 1.807) is 0 Å². The van der Waals surface area contributed by atoms with Crippen LogP contribution in [0, 0.1) is 11.3 Å². The van der Waals surface area contributed by atoms with Crippen LogP contribution in [0.5, 0.6) is 0 Å². The first-order valence-electron chi connectivity index (χ1n) is 6.77. The van der Waals surface area contributed by atoms with Crippen molar-refractivity contribution in [1.29, 1.82) is 0 Å². The van der Waals surface area contributed by atoms with Gasteiger partial charge < -0.3 is 5.32 Å². The Hall–Kier alpha value is -0.250. The Morgan fingerprint density at radius 1 is 1.18 bits per heavy atom. The predicted octanol–water partition coefficient (Wildman–Crippen LogP) is 3.89. The van der Waals surface area contributed by atoms with Crippen LogP contribution in [0.15, 0.2) is 0 Å². The van der Waals surface area contributed by atoms with Crippen LogP contribution in [0.1, 0.15) is 51.9 Å². The highest BCUT2D eigenvalue weighted by Gasteiger charge is 2.47. The summed E-state index contributed by atoms with van der Waals surface area (Å²) in [5.74, 6) is -1.12. The molecule has 0 radical (unpaired) electrons. The molecule has 2 unspecified atom stereocenters. The Labute approximate surface area is 101 Å². The number of halogens is 3. The average molecular weight is 249 g/mol. The van der Waals surface area contributed by atoms with Gasteiger partial charge in [-0.15, -0.1) is 0 Å². The van der Waals surface area contributed by atoms with Gasteiger partial charge in [0.25, 0.3) is 0 Å². The number of nitrogens with one attached hydrogen (secondary N) is 1. The molecule has 0 heterocycles. The molecule has 0 amide bonds. The third-order valence-corrected chi connectivity index (χ3v) is 4.63. The Morgan fingerprint density at radius 2 is 1.82 bits per heavy atom. The molecule has 2 aliphatic rings. The molecule has 2 saturated carbocycles. The third-order valence-electron chi connectivity index (χ3n) is 4.63. The summed E-state index contributed by atoms with van der Waals surface area (Å²) in [4.78, 5) is 0. The molecular formula is C13H22F3N. The van der Waals surface area contributed by atoms with E-state index in [-0.39, 0.29) is 6.04 Å². The van der Waals surface area contributed by atoms with Gasteiger partial charge in [-0.25, -0.2) is 0 Å². The molecule has 1 N–H and O–H groups in total. The molecule has 2 aliphatic carbocycles. The molecule has 0 spiro atoms. The first-order valence-corrected chi connectivity index (χ1v) is 6.77. The Morgan fingerprint density at radius 3 is 2.35 bits per heavy atom. The molecular weight excluding hydrogens is 227 g/mol. The van der Waals surface area contributed by atoms with E-state index >= 15 is 0 Å². The number of rotatable bonds is 4. The van der Waals surface area contributed by atoms with Crippen LogP contribution < -0.4 is 5.32 Å². The second-order valence-electron chi connectivity index (χ2n) is 5.77. The third kappa shape index (κ3) is 3.15. The summed E-state index contributed by atoms with van der Waals surface area (Å²) in [6.45, 7) is 2.91. The van der Waals surface area contributed by atoms with Crippen molar-refractivity contribution < 1.29 is 13.2 Å². The average Bonchev–Trinajstić information content (AvgIpc) is 3.06. The molecule has 2 rings (SSSR count). The quantitative estimate of drug-likeness (QED) is 0.797. The van der Waals surface area contributed by atoms with Crippen molar-refractivity contribution in [2.24, 2.45) is 11.3 Å². The molecule has 0 bridgehead atoms. The lowest BCUT2D eigenvalue weighted by molar-refractivity contribution is -0.189. The van der Waals surface area contributed by atoms with E-state index in [9.17, 15) is 13.2 Å². The smallest absolute Gasteiger partial charge is 0.313 e. The second-order valence-corrected chi connectivity index (χ2v) is 5.77. The summed E-state index contributed by atoms with van der Waals surface area (Å²) in [7, 11) is 0. The maximum atomic E-state index is 12.9. The van der Waals surface area contributed by atoms with E-state index in [1.165, 1.54) is 12.8 Å². The Bertz CT molecular complexity index is 258. The second kappa shape index (κ2) is 4.79. The van der Waals surface area contributed by atoms with Gasteiger partial charge in [-0.2, -0.15) is 13.2 Å². The number of hydrogen-bond donors (Lipinski definition) is 1. The lowest BCUT2D eigenvalue weighted by Gasteiger charge is -2.34. The normalized spacial score (nSPS) is 32.5. The van der Waals surface area contributed by atoms with Crippen LogP contribution in [0.3, 0.4) is 0 Å². The minimum atomic E-state index is -4.03.